The van der Waals surface area contributed by atoms with E-state index in [0.717, 1.165) is 5.69 Å². The van der Waals surface area contributed by atoms with E-state index in [1.165, 1.54) is 6.20 Å². The molecule has 0 saturated carbocycles. The predicted molar refractivity (Wildman–Crippen MR) is 77.4 cm³/mol. The van der Waals surface area contributed by atoms with Crippen LogP contribution in [0.15, 0.2) is 42.7 Å². The van der Waals surface area contributed by atoms with Crippen molar-refractivity contribution >= 4 is 23.0 Å². The molecule has 1 heterocycles. The molecule has 0 radical (unpaired) electrons. The number of carbonyl (C=O) groups excluding carboxylic acids is 1. The molecule has 1 aromatic carbocycles. The van der Waals surface area contributed by atoms with Gasteiger partial charge in [-0.3, -0.25) is 9.78 Å². The molecule has 2 rings (SSSR count). The number of nitrogens with one attached hydrogen (secondary N) is 1. The van der Waals surface area contributed by atoms with Crippen LogP contribution in [0.25, 0.3) is 0 Å². The second kappa shape index (κ2) is 5.39. The number of hydrogen-bond donors (Lipinski definition) is 2. The lowest BCUT2D eigenvalue weighted by Gasteiger charge is -2.18. The van der Waals surface area contributed by atoms with Gasteiger partial charge in [-0.05, 0) is 30.3 Å². The summed E-state index contributed by atoms with van der Waals surface area (Å²) in [7, 11) is 3.82. The number of benzene rings is 1. The van der Waals surface area contributed by atoms with E-state index >= 15 is 0 Å². The monoisotopic (exact) mass is 256 g/mol. The lowest BCUT2D eigenvalue weighted by atomic mass is 10.2. The largest absolute Gasteiger partial charge is 0.399 e. The number of pyridine rings is 1. The Bertz CT molecular complexity index is 581. The minimum atomic E-state index is -0.207. The van der Waals surface area contributed by atoms with Crippen molar-refractivity contribution in [2.75, 3.05) is 30.0 Å². The number of carbonyl (C=O) groups is 1. The predicted octanol–water partition coefficient (Wildman–Crippen LogP) is 1.98. The van der Waals surface area contributed by atoms with Crippen molar-refractivity contribution < 1.29 is 4.79 Å². The Morgan fingerprint density at radius 3 is 2.74 bits per heavy atom. The van der Waals surface area contributed by atoms with Crippen LogP contribution >= 0.6 is 0 Å². The van der Waals surface area contributed by atoms with Gasteiger partial charge in [0.05, 0.1) is 16.9 Å². The van der Waals surface area contributed by atoms with Crippen molar-refractivity contribution in [1.82, 2.24) is 4.98 Å². The van der Waals surface area contributed by atoms with Gasteiger partial charge in [0.1, 0.15) is 0 Å². The van der Waals surface area contributed by atoms with E-state index in [9.17, 15) is 4.79 Å². The van der Waals surface area contributed by atoms with Gasteiger partial charge < -0.3 is 16.0 Å². The maximum absolute atomic E-state index is 12.1. The Hall–Kier alpha value is -2.56. The van der Waals surface area contributed by atoms with Crippen molar-refractivity contribution in [1.29, 1.82) is 0 Å². The van der Waals surface area contributed by atoms with Gasteiger partial charge in [0, 0.05) is 32.2 Å². The second-order valence-electron chi connectivity index (χ2n) is 4.37. The fourth-order valence-electron chi connectivity index (χ4n) is 1.74. The first-order valence-corrected chi connectivity index (χ1v) is 5.86. The van der Waals surface area contributed by atoms with Crippen LogP contribution in [0, 0.1) is 0 Å². The summed E-state index contributed by atoms with van der Waals surface area (Å²) in [6.07, 6.45) is 3.15. The third-order valence-electron chi connectivity index (χ3n) is 2.67. The van der Waals surface area contributed by atoms with E-state index in [-0.39, 0.29) is 5.91 Å². The Morgan fingerprint density at radius 2 is 2.11 bits per heavy atom. The van der Waals surface area contributed by atoms with Crippen molar-refractivity contribution in [3.8, 4) is 0 Å². The van der Waals surface area contributed by atoms with Crippen LogP contribution in [0.3, 0.4) is 0 Å². The number of rotatable bonds is 3. The molecule has 0 unspecified atom stereocenters. The molecule has 0 atom stereocenters. The fraction of sp³-hybridized carbons (Fsp3) is 0.143. The molecule has 1 aromatic heterocycles. The summed E-state index contributed by atoms with van der Waals surface area (Å²) in [5.41, 5.74) is 8.45. The summed E-state index contributed by atoms with van der Waals surface area (Å²) in [5.74, 6) is -0.207. The summed E-state index contributed by atoms with van der Waals surface area (Å²) >= 11 is 0. The first-order valence-electron chi connectivity index (χ1n) is 5.86. The summed E-state index contributed by atoms with van der Waals surface area (Å²) in [6.45, 7) is 0. The number of anilines is 3. The molecule has 1 amide bonds. The summed E-state index contributed by atoms with van der Waals surface area (Å²) in [6, 6.07) is 8.85. The Labute approximate surface area is 112 Å². The molecule has 98 valence electrons. The summed E-state index contributed by atoms with van der Waals surface area (Å²) in [4.78, 5) is 17.9. The smallest absolute Gasteiger partial charge is 0.257 e. The molecule has 0 saturated heterocycles. The number of amides is 1. The van der Waals surface area contributed by atoms with Crippen molar-refractivity contribution in [2.45, 2.75) is 0 Å². The van der Waals surface area contributed by atoms with Gasteiger partial charge in [0.2, 0.25) is 0 Å². The van der Waals surface area contributed by atoms with Gasteiger partial charge in [-0.1, -0.05) is 0 Å². The van der Waals surface area contributed by atoms with E-state index in [1.54, 1.807) is 30.5 Å². The van der Waals surface area contributed by atoms with Crippen LogP contribution in [0.1, 0.15) is 10.4 Å². The highest BCUT2D eigenvalue weighted by Gasteiger charge is 2.10. The van der Waals surface area contributed by atoms with Crippen LogP contribution in [0.2, 0.25) is 0 Å². The molecule has 3 N–H and O–H groups in total. The molecule has 5 heteroatoms. The fourth-order valence-corrected chi connectivity index (χ4v) is 1.74. The number of hydrogen-bond acceptors (Lipinski definition) is 4. The average molecular weight is 256 g/mol. The first-order chi connectivity index (χ1) is 9.08. The van der Waals surface area contributed by atoms with E-state index in [4.69, 9.17) is 5.73 Å². The summed E-state index contributed by atoms with van der Waals surface area (Å²) < 4.78 is 0. The van der Waals surface area contributed by atoms with Gasteiger partial charge in [-0.2, -0.15) is 0 Å². The van der Waals surface area contributed by atoms with E-state index < -0.39 is 0 Å². The van der Waals surface area contributed by atoms with Crippen molar-refractivity contribution in [3.63, 3.8) is 0 Å². The highest BCUT2D eigenvalue weighted by atomic mass is 16.1. The zero-order valence-corrected chi connectivity index (χ0v) is 10.9. The van der Waals surface area contributed by atoms with Gasteiger partial charge in [0.15, 0.2) is 0 Å². The molecule has 0 aliphatic carbocycles. The zero-order valence-electron chi connectivity index (χ0n) is 10.9. The number of nitrogen functional groups attached to an aromatic ring is 1. The number of nitrogens with zero attached hydrogens (tertiary/aromatic N) is 2. The third-order valence-corrected chi connectivity index (χ3v) is 2.67. The van der Waals surface area contributed by atoms with Crippen molar-refractivity contribution in [3.05, 3.63) is 48.3 Å². The standard InChI is InChI=1S/C14H16N4O/c1-18(2)13-6-5-11(15)8-12(13)17-14(19)10-4-3-7-16-9-10/h3-9H,15H2,1-2H3,(H,17,19). The Balaban J connectivity index is 2.28. The normalized spacial score (nSPS) is 10.0. The minimum absolute atomic E-state index is 0.207. The molecule has 5 nitrogen and oxygen atoms in total. The first kappa shape index (κ1) is 12.9. The van der Waals surface area contributed by atoms with Crippen LogP contribution in [0.4, 0.5) is 17.1 Å². The summed E-state index contributed by atoms with van der Waals surface area (Å²) in [5, 5.41) is 2.85. The van der Waals surface area contributed by atoms with Crippen molar-refractivity contribution in [2.24, 2.45) is 0 Å². The molecule has 2 aromatic rings. The molecule has 0 fully saturated rings. The maximum Gasteiger partial charge on any atom is 0.257 e. The molecular weight excluding hydrogens is 240 g/mol. The molecular formula is C14H16N4O. The SMILES string of the molecule is CN(C)c1ccc(N)cc1NC(=O)c1cccnc1. The lowest BCUT2D eigenvalue weighted by Crippen LogP contribution is -2.17. The highest BCUT2D eigenvalue weighted by Crippen LogP contribution is 2.27. The maximum atomic E-state index is 12.1. The lowest BCUT2D eigenvalue weighted by molar-refractivity contribution is 0.102. The molecule has 0 aliphatic heterocycles. The van der Waals surface area contributed by atoms with E-state index in [2.05, 4.69) is 10.3 Å². The van der Waals surface area contributed by atoms with Gasteiger partial charge >= 0.3 is 0 Å². The average Bonchev–Trinajstić information content (AvgIpc) is 2.39. The molecule has 19 heavy (non-hydrogen) atoms. The topological polar surface area (TPSA) is 71.2 Å². The highest BCUT2D eigenvalue weighted by molar-refractivity contribution is 6.06. The van der Waals surface area contributed by atoms with E-state index in [1.807, 2.05) is 25.1 Å². The van der Waals surface area contributed by atoms with Gasteiger partial charge in [-0.25, -0.2) is 0 Å². The quantitative estimate of drug-likeness (QED) is 0.824. The molecule has 0 bridgehead atoms. The van der Waals surface area contributed by atoms with Crippen LogP contribution in [-0.4, -0.2) is 25.0 Å². The Kier molecular flexibility index (Phi) is 3.66. The minimum Gasteiger partial charge on any atom is -0.399 e. The van der Waals surface area contributed by atoms with E-state index in [0.29, 0.717) is 16.9 Å². The second-order valence-corrected chi connectivity index (χ2v) is 4.37. The molecule has 0 aliphatic rings. The number of aromatic nitrogens is 1. The Morgan fingerprint density at radius 1 is 1.32 bits per heavy atom. The van der Waals surface area contributed by atoms with Crippen LogP contribution < -0.4 is 16.0 Å². The van der Waals surface area contributed by atoms with Crippen LogP contribution in [0.5, 0.6) is 0 Å². The van der Waals surface area contributed by atoms with Gasteiger partial charge in [-0.15, -0.1) is 0 Å². The van der Waals surface area contributed by atoms with Gasteiger partial charge in [0.25, 0.3) is 5.91 Å². The third kappa shape index (κ3) is 3.01. The van der Waals surface area contributed by atoms with Crippen LogP contribution in [-0.2, 0) is 0 Å². The zero-order chi connectivity index (χ0) is 13.8. The number of nitrogens with two attached hydrogens (primary N) is 1. The molecule has 0 spiro atoms.